The molecular formula is C18H35N3O3S. The zero-order valence-corrected chi connectivity index (χ0v) is 16.7. The van der Waals surface area contributed by atoms with Crippen LogP contribution in [0.2, 0.25) is 0 Å². The molecule has 7 heteroatoms. The highest BCUT2D eigenvalue weighted by molar-refractivity contribution is 7.89. The van der Waals surface area contributed by atoms with Gasteiger partial charge in [-0.05, 0) is 52.0 Å². The maximum Gasteiger partial charge on any atom is 0.224 e. The van der Waals surface area contributed by atoms with E-state index in [1.54, 1.807) is 6.92 Å². The van der Waals surface area contributed by atoms with Crippen LogP contribution in [0.3, 0.4) is 0 Å². The van der Waals surface area contributed by atoms with Gasteiger partial charge in [0.05, 0.1) is 11.7 Å². The monoisotopic (exact) mass is 373 g/mol. The number of hydrogen-bond donors (Lipinski definition) is 1. The molecule has 2 heterocycles. The second kappa shape index (κ2) is 9.88. The fourth-order valence-electron chi connectivity index (χ4n) is 4.05. The lowest BCUT2D eigenvalue weighted by atomic mass is 9.98. The first-order chi connectivity index (χ1) is 12.0. The predicted octanol–water partition coefficient (Wildman–Crippen LogP) is 1.82. The van der Waals surface area contributed by atoms with Crippen LogP contribution in [0.15, 0.2) is 0 Å². The van der Waals surface area contributed by atoms with Crippen molar-refractivity contribution in [1.29, 1.82) is 0 Å². The van der Waals surface area contributed by atoms with Crippen LogP contribution in [-0.4, -0.2) is 68.0 Å². The zero-order valence-electron chi connectivity index (χ0n) is 15.9. The van der Waals surface area contributed by atoms with E-state index in [-0.39, 0.29) is 17.6 Å². The molecule has 0 spiro atoms. The van der Waals surface area contributed by atoms with Gasteiger partial charge in [-0.3, -0.25) is 4.79 Å². The highest BCUT2D eigenvalue weighted by Crippen LogP contribution is 2.20. The molecule has 0 radical (unpaired) electrons. The van der Waals surface area contributed by atoms with Gasteiger partial charge in [-0.25, -0.2) is 12.7 Å². The van der Waals surface area contributed by atoms with Gasteiger partial charge in [-0.15, -0.1) is 0 Å². The number of nitrogens with one attached hydrogen (secondary N) is 1. The minimum atomic E-state index is -3.19. The second-order valence-corrected chi connectivity index (χ2v) is 9.59. The third-order valence-electron chi connectivity index (χ3n) is 5.65. The molecule has 0 aliphatic carbocycles. The van der Waals surface area contributed by atoms with Crippen LogP contribution in [0.25, 0.3) is 0 Å². The molecule has 2 atom stereocenters. The summed E-state index contributed by atoms with van der Waals surface area (Å²) in [6.45, 7) is 7.70. The number of amides is 1. The van der Waals surface area contributed by atoms with Crippen molar-refractivity contribution in [2.24, 2.45) is 5.92 Å². The normalized spacial score (nSPS) is 26.5. The molecule has 0 bridgehead atoms. The third kappa shape index (κ3) is 5.93. The molecule has 2 rings (SSSR count). The molecule has 2 fully saturated rings. The Morgan fingerprint density at radius 1 is 1.12 bits per heavy atom. The molecule has 0 aromatic heterocycles. The minimum Gasteiger partial charge on any atom is -0.356 e. The van der Waals surface area contributed by atoms with Crippen LogP contribution < -0.4 is 5.32 Å². The Morgan fingerprint density at radius 3 is 2.64 bits per heavy atom. The van der Waals surface area contributed by atoms with E-state index < -0.39 is 10.0 Å². The molecular weight excluding hydrogens is 338 g/mol. The van der Waals surface area contributed by atoms with E-state index in [4.69, 9.17) is 0 Å². The molecule has 0 saturated carbocycles. The quantitative estimate of drug-likeness (QED) is 0.659. The Morgan fingerprint density at radius 2 is 1.92 bits per heavy atom. The topological polar surface area (TPSA) is 69.7 Å². The van der Waals surface area contributed by atoms with Crippen molar-refractivity contribution >= 4 is 15.9 Å². The largest absolute Gasteiger partial charge is 0.356 e. The number of carbonyl (C=O) groups is 1. The van der Waals surface area contributed by atoms with Crippen LogP contribution in [0, 0.1) is 5.92 Å². The number of nitrogens with zero attached hydrogens (tertiary/aromatic N) is 2. The van der Waals surface area contributed by atoms with E-state index in [0.717, 1.165) is 25.8 Å². The summed E-state index contributed by atoms with van der Waals surface area (Å²) in [5.41, 5.74) is 0. The molecule has 1 N–H and O–H groups in total. The molecule has 2 aliphatic heterocycles. The summed E-state index contributed by atoms with van der Waals surface area (Å²) in [5.74, 6) is -0.0781. The minimum absolute atomic E-state index is 0.0155. The first kappa shape index (κ1) is 20.6. The van der Waals surface area contributed by atoms with Gasteiger partial charge < -0.3 is 10.2 Å². The first-order valence-corrected chi connectivity index (χ1v) is 11.6. The van der Waals surface area contributed by atoms with Crippen LogP contribution in [-0.2, 0) is 14.8 Å². The first-order valence-electron chi connectivity index (χ1n) is 9.97. The molecule has 2 aliphatic rings. The molecule has 1 amide bonds. The highest BCUT2D eigenvalue weighted by atomic mass is 32.2. The lowest BCUT2D eigenvalue weighted by molar-refractivity contribution is -0.126. The van der Waals surface area contributed by atoms with Gasteiger partial charge in [0.15, 0.2) is 0 Å². The Labute approximate surface area is 153 Å². The standard InChI is InChI=1S/C18H35N3O3S/c1-3-17-10-5-6-12-20(17)13-8-11-19-18(22)16-9-7-14-21(15-16)25(23,24)4-2/h16-17H,3-15H2,1-2H3,(H,19,22)/t16-,17-/m1/s1. The SMILES string of the molecule is CC[C@@H]1CCCCN1CCCNC(=O)[C@@H]1CCCN(S(=O)(=O)CC)C1. The third-order valence-corrected chi connectivity index (χ3v) is 7.50. The van der Waals surface area contributed by atoms with E-state index >= 15 is 0 Å². The predicted molar refractivity (Wildman–Crippen MR) is 101 cm³/mol. The summed E-state index contributed by atoms with van der Waals surface area (Å²) >= 11 is 0. The summed E-state index contributed by atoms with van der Waals surface area (Å²) in [7, 11) is -3.19. The summed E-state index contributed by atoms with van der Waals surface area (Å²) < 4.78 is 25.5. The molecule has 2 saturated heterocycles. The molecule has 6 nitrogen and oxygen atoms in total. The molecule has 25 heavy (non-hydrogen) atoms. The lowest BCUT2D eigenvalue weighted by Crippen LogP contribution is -2.46. The van der Waals surface area contributed by atoms with E-state index in [0.29, 0.717) is 25.7 Å². The Kier molecular flexibility index (Phi) is 8.16. The van der Waals surface area contributed by atoms with Crippen molar-refractivity contribution in [1.82, 2.24) is 14.5 Å². The van der Waals surface area contributed by atoms with Crippen molar-refractivity contribution in [3.8, 4) is 0 Å². The molecule has 146 valence electrons. The number of likely N-dealkylation sites (tertiary alicyclic amines) is 1. The number of piperidine rings is 2. The van der Waals surface area contributed by atoms with Gasteiger partial charge >= 0.3 is 0 Å². The van der Waals surface area contributed by atoms with E-state index in [2.05, 4.69) is 17.1 Å². The summed E-state index contributed by atoms with van der Waals surface area (Å²) in [5, 5.41) is 3.03. The zero-order chi connectivity index (χ0) is 18.3. The highest BCUT2D eigenvalue weighted by Gasteiger charge is 2.31. The number of hydrogen-bond acceptors (Lipinski definition) is 4. The van der Waals surface area contributed by atoms with Crippen molar-refractivity contribution in [2.75, 3.05) is 38.5 Å². The van der Waals surface area contributed by atoms with Crippen molar-refractivity contribution in [3.63, 3.8) is 0 Å². The van der Waals surface area contributed by atoms with Crippen LogP contribution in [0.4, 0.5) is 0 Å². The van der Waals surface area contributed by atoms with Crippen LogP contribution in [0.1, 0.15) is 58.8 Å². The Balaban J connectivity index is 1.71. The van der Waals surface area contributed by atoms with Crippen molar-refractivity contribution in [2.45, 2.75) is 64.8 Å². The van der Waals surface area contributed by atoms with Gasteiger partial charge in [0, 0.05) is 32.2 Å². The fraction of sp³-hybridized carbons (Fsp3) is 0.944. The van der Waals surface area contributed by atoms with Gasteiger partial charge in [0.25, 0.3) is 0 Å². The van der Waals surface area contributed by atoms with E-state index in [1.807, 2.05) is 0 Å². The Hall–Kier alpha value is -0.660. The Bertz CT molecular complexity index is 524. The van der Waals surface area contributed by atoms with Crippen molar-refractivity contribution in [3.05, 3.63) is 0 Å². The summed E-state index contributed by atoms with van der Waals surface area (Å²) in [6, 6.07) is 0.704. The van der Waals surface area contributed by atoms with Gasteiger partial charge in [-0.1, -0.05) is 13.3 Å². The van der Waals surface area contributed by atoms with Crippen LogP contribution in [0.5, 0.6) is 0 Å². The maximum atomic E-state index is 12.4. The van der Waals surface area contributed by atoms with Crippen LogP contribution >= 0.6 is 0 Å². The summed E-state index contributed by atoms with van der Waals surface area (Å²) in [4.78, 5) is 14.9. The fourth-order valence-corrected chi connectivity index (χ4v) is 5.23. The summed E-state index contributed by atoms with van der Waals surface area (Å²) in [6.07, 6.45) is 7.64. The van der Waals surface area contributed by atoms with E-state index in [9.17, 15) is 13.2 Å². The number of carbonyl (C=O) groups excluding carboxylic acids is 1. The number of sulfonamides is 1. The van der Waals surface area contributed by atoms with E-state index in [1.165, 1.54) is 36.5 Å². The van der Waals surface area contributed by atoms with Crippen molar-refractivity contribution < 1.29 is 13.2 Å². The molecule has 0 aromatic carbocycles. The second-order valence-electron chi connectivity index (χ2n) is 7.34. The molecule has 0 unspecified atom stereocenters. The van der Waals surface area contributed by atoms with Gasteiger partial charge in [-0.2, -0.15) is 0 Å². The smallest absolute Gasteiger partial charge is 0.224 e. The average molecular weight is 374 g/mol. The number of rotatable bonds is 8. The average Bonchev–Trinajstić information content (AvgIpc) is 2.65. The maximum absolute atomic E-state index is 12.4. The van der Waals surface area contributed by atoms with Gasteiger partial charge in [0.1, 0.15) is 0 Å². The molecule has 0 aromatic rings. The van der Waals surface area contributed by atoms with Gasteiger partial charge in [0.2, 0.25) is 15.9 Å². The lowest BCUT2D eigenvalue weighted by Gasteiger charge is -2.35.